The quantitative estimate of drug-likeness (QED) is 0.773. The van der Waals surface area contributed by atoms with E-state index in [1.807, 2.05) is 55.1 Å². The number of methoxy groups -OCH3 is 1. The second-order valence-corrected chi connectivity index (χ2v) is 8.92. The van der Waals surface area contributed by atoms with Gasteiger partial charge in [-0.15, -0.1) is 0 Å². The zero-order chi connectivity index (χ0) is 20.3. The maximum absolute atomic E-state index is 13.0. The van der Waals surface area contributed by atoms with Gasteiger partial charge in [-0.1, -0.05) is 29.8 Å². The number of rotatable bonds is 5. The largest absolute Gasteiger partial charge is 0.497 e. The highest BCUT2D eigenvalue weighted by Crippen LogP contribution is 2.26. The third kappa shape index (κ3) is 4.04. The molecule has 0 saturated carbocycles. The van der Waals surface area contributed by atoms with E-state index >= 15 is 0 Å². The van der Waals surface area contributed by atoms with Gasteiger partial charge in [0.25, 0.3) is 0 Å². The molecule has 0 spiro atoms. The summed E-state index contributed by atoms with van der Waals surface area (Å²) in [5.41, 5.74) is 2.68. The molecule has 0 radical (unpaired) electrons. The lowest BCUT2D eigenvalue weighted by molar-refractivity contribution is 0.162. The van der Waals surface area contributed by atoms with Crippen molar-refractivity contribution in [1.29, 1.82) is 5.26 Å². The fourth-order valence-electron chi connectivity index (χ4n) is 3.58. The van der Waals surface area contributed by atoms with E-state index in [1.54, 1.807) is 13.2 Å². The number of aryl methyl sites for hydroxylation is 2. The molecule has 0 N–H and O–H groups in total. The molecule has 1 aliphatic rings. The average molecular weight is 400 g/mol. The number of hydrogen-bond acceptors (Lipinski definition) is 5. The number of hydrogen-bond donors (Lipinski definition) is 0. The summed E-state index contributed by atoms with van der Waals surface area (Å²) in [4.78, 5) is 2.38. The van der Waals surface area contributed by atoms with Gasteiger partial charge in [0.2, 0.25) is 10.0 Å². The number of benzene rings is 2. The fraction of sp³-hybridized carbons (Fsp3) is 0.381. The Morgan fingerprint density at radius 2 is 1.68 bits per heavy atom. The molecular weight excluding hydrogens is 374 g/mol. The summed E-state index contributed by atoms with van der Waals surface area (Å²) < 4.78 is 32.8. The van der Waals surface area contributed by atoms with Crippen molar-refractivity contribution < 1.29 is 13.2 Å². The van der Waals surface area contributed by atoms with E-state index in [-0.39, 0.29) is 0 Å². The van der Waals surface area contributed by atoms with Crippen LogP contribution in [0.1, 0.15) is 22.7 Å². The smallest absolute Gasteiger partial charge is 0.243 e. The first-order valence-electron chi connectivity index (χ1n) is 9.22. The van der Waals surface area contributed by atoms with Crippen LogP contribution in [0.4, 0.5) is 0 Å². The summed E-state index contributed by atoms with van der Waals surface area (Å²) in [6, 6.07) is 14.8. The van der Waals surface area contributed by atoms with Crippen molar-refractivity contribution in [2.24, 2.45) is 0 Å². The number of sulfonamides is 1. The molecule has 1 fully saturated rings. The van der Waals surface area contributed by atoms with Gasteiger partial charge in [-0.2, -0.15) is 9.57 Å². The molecule has 1 atom stereocenters. The molecule has 28 heavy (non-hydrogen) atoms. The lowest BCUT2D eigenvalue weighted by atomic mass is 10.1. The third-order valence-electron chi connectivity index (χ3n) is 5.14. The van der Waals surface area contributed by atoms with Crippen molar-refractivity contribution in [3.63, 3.8) is 0 Å². The average Bonchev–Trinajstić information content (AvgIpc) is 2.69. The van der Waals surface area contributed by atoms with E-state index in [1.165, 1.54) is 4.31 Å². The van der Waals surface area contributed by atoms with Gasteiger partial charge >= 0.3 is 0 Å². The van der Waals surface area contributed by atoms with E-state index in [9.17, 15) is 13.7 Å². The Kier molecular flexibility index (Phi) is 6.04. The van der Waals surface area contributed by atoms with Crippen LogP contribution in [0, 0.1) is 25.2 Å². The normalized spacial score (nSPS) is 17.1. The zero-order valence-corrected chi connectivity index (χ0v) is 17.2. The van der Waals surface area contributed by atoms with Crippen molar-refractivity contribution in [1.82, 2.24) is 9.21 Å². The van der Waals surface area contributed by atoms with E-state index < -0.39 is 16.1 Å². The Morgan fingerprint density at radius 1 is 1.04 bits per heavy atom. The van der Waals surface area contributed by atoms with Crippen molar-refractivity contribution in [3.8, 4) is 11.8 Å². The molecule has 1 saturated heterocycles. The minimum atomic E-state index is -3.53. The maximum Gasteiger partial charge on any atom is 0.243 e. The predicted octanol–water partition coefficient (Wildman–Crippen LogP) is 2.88. The highest BCUT2D eigenvalue weighted by molar-refractivity contribution is 7.89. The van der Waals surface area contributed by atoms with Crippen molar-refractivity contribution in [2.75, 3.05) is 33.3 Å². The molecule has 148 valence electrons. The van der Waals surface area contributed by atoms with Crippen LogP contribution >= 0.6 is 0 Å². The van der Waals surface area contributed by atoms with Gasteiger partial charge in [-0.25, -0.2) is 8.42 Å². The minimum Gasteiger partial charge on any atom is -0.497 e. The summed E-state index contributed by atoms with van der Waals surface area (Å²) in [6.45, 7) is 5.52. The maximum atomic E-state index is 13.0. The van der Waals surface area contributed by atoms with Gasteiger partial charge in [0.1, 0.15) is 11.8 Å². The van der Waals surface area contributed by atoms with Crippen LogP contribution in [0.5, 0.6) is 5.75 Å². The molecule has 2 aromatic rings. The monoisotopic (exact) mass is 399 g/mol. The molecule has 0 amide bonds. The second kappa shape index (κ2) is 8.31. The van der Waals surface area contributed by atoms with Gasteiger partial charge < -0.3 is 4.74 Å². The number of nitriles is 1. The Hall–Kier alpha value is -2.40. The summed E-state index contributed by atoms with van der Waals surface area (Å²) >= 11 is 0. The van der Waals surface area contributed by atoms with E-state index in [0.29, 0.717) is 31.1 Å². The standard InChI is InChI=1S/C21H25N3O3S/c1-16-4-9-21(17(2)14-16)28(25,26)24-12-10-23(11-13-24)20(15-22)18-5-7-19(27-3)8-6-18/h4-9,14,20H,10-13H2,1-3H3. The number of nitrogens with zero attached hydrogens (tertiary/aromatic N) is 3. The lowest BCUT2D eigenvalue weighted by Crippen LogP contribution is -2.49. The topological polar surface area (TPSA) is 73.6 Å². The predicted molar refractivity (Wildman–Crippen MR) is 108 cm³/mol. The molecule has 1 aliphatic heterocycles. The number of ether oxygens (including phenoxy) is 1. The molecular formula is C21H25N3O3S. The number of piperazine rings is 1. The van der Waals surface area contributed by atoms with Crippen molar-refractivity contribution in [3.05, 3.63) is 59.2 Å². The van der Waals surface area contributed by atoms with E-state index in [2.05, 4.69) is 6.07 Å². The zero-order valence-electron chi connectivity index (χ0n) is 16.4. The summed E-state index contributed by atoms with van der Waals surface area (Å²) in [5, 5.41) is 9.67. The minimum absolute atomic E-state index is 0.360. The van der Waals surface area contributed by atoms with Gasteiger partial charge in [0.05, 0.1) is 18.1 Å². The SMILES string of the molecule is COc1ccc(C(C#N)N2CCN(S(=O)(=O)c3ccc(C)cc3C)CC2)cc1. The molecule has 1 unspecified atom stereocenters. The van der Waals surface area contributed by atoms with E-state index in [4.69, 9.17) is 4.74 Å². The van der Waals surface area contributed by atoms with Crippen LogP contribution in [-0.4, -0.2) is 50.9 Å². The van der Waals surface area contributed by atoms with Crippen LogP contribution in [-0.2, 0) is 10.0 Å². The third-order valence-corrected chi connectivity index (χ3v) is 7.20. The molecule has 2 aromatic carbocycles. The fourth-order valence-corrected chi connectivity index (χ4v) is 5.21. The van der Waals surface area contributed by atoms with Crippen molar-refractivity contribution >= 4 is 10.0 Å². The Labute approximate surface area is 167 Å². The first kappa shape index (κ1) is 20.3. The lowest BCUT2D eigenvalue weighted by Gasteiger charge is -2.36. The van der Waals surface area contributed by atoms with Crippen LogP contribution in [0.3, 0.4) is 0 Å². The summed E-state index contributed by atoms with van der Waals surface area (Å²) in [5.74, 6) is 0.741. The first-order valence-corrected chi connectivity index (χ1v) is 10.7. The Balaban J connectivity index is 1.73. The van der Waals surface area contributed by atoms with Crippen LogP contribution in [0.2, 0.25) is 0 Å². The molecule has 3 rings (SSSR count). The van der Waals surface area contributed by atoms with Gasteiger partial charge in [0, 0.05) is 26.2 Å². The van der Waals surface area contributed by atoms with Gasteiger partial charge in [-0.05, 0) is 43.2 Å². The van der Waals surface area contributed by atoms with Gasteiger partial charge in [0.15, 0.2) is 0 Å². The van der Waals surface area contributed by atoms with Gasteiger partial charge in [-0.3, -0.25) is 4.90 Å². The van der Waals surface area contributed by atoms with Crippen LogP contribution in [0.25, 0.3) is 0 Å². The van der Waals surface area contributed by atoms with Crippen LogP contribution in [0.15, 0.2) is 47.4 Å². The van der Waals surface area contributed by atoms with Crippen LogP contribution < -0.4 is 4.74 Å². The second-order valence-electron chi connectivity index (χ2n) is 7.01. The Morgan fingerprint density at radius 3 is 2.21 bits per heavy atom. The highest BCUT2D eigenvalue weighted by Gasteiger charge is 2.32. The molecule has 6 nitrogen and oxygen atoms in total. The molecule has 0 bridgehead atoms. The molecule has 1 heterocycles. The summed E-state index contributed by atoms with van der Waals surface area (Å²) in [7, 11) is -1.93. The first-order chi connectivity index (χ1) is 13.4. The summed E-state index contributed by atoms with van der Waals surface area (Å²) in [6.07, 6.45) is 0. The Bertz CT molecular complexity index is 973. The van der Waals surface area contributed by atoms with E-state index in [0.717, 1.165) is 22.4 Å². The highest BCUT2D eigenvalue weighted by atomic mass is 32.2. The molecule has 0 aliphatic carbocycles. The molecule has 0 aromatic heterocycles. The van der Waals surface area contributed by atoms with Crippen molar-refractivity contribution in [2.45, 2.75) is 24.8 Å². The molecule has 7 heteroatoms.